The third kappa shape index (κ3) is 6.64. The number of ether oxygens (including phenoxy) is 2. The summed E-state index contributed by atoms with van der Waals surface area (Å²) in [6, 6.07) is 5.65. The third-order valence-corrected chi connectivity index (χ3v) is 5.05. The number of rotatable bonds is 4. The van der Waals surface area contributed by atoms with Crippen LogP contribution in [0.1, 0.15) is 51.7 Å². The molecule has 1 atom stereocenters. The van der Waals surface area contributed by atoms with Crippen LogP contribution in [0.4, 0.5) is 4.79 Å². The molecule has 2 rings (SSSR count). The molecule has 1 aromatic rings. The number of piperidine rings is 1. The number of amides is 3. The quantitative estimate of drug-likeness (QED) is 0.732. The molecule has 0 spiro atoms. The fourth-order valence-corrected chi connectivity index (χ4v) is 3.07. The zero-order valence-electron chi connectivity index (χ0n) is 18.7. The lowest BCUT2D eigenvalue weighted by Crippen LogP contribution is -2.51. The van der Waals surface area contributed by atoms with Crippen LogP contribution in [0.3, 0.4) is 0 Å². The van der Waals surface area contributed by atoms with Crippen molar-refractivity contribution < 1.29 is 23.9 Å². The van der Waals surface area contributed by atoms with Gasteiger partial charge in [-0.2, -0.15) is 0 Å². The monoisotopic (exact) mass is 419 g/mol. The van der Waals surface area contributed by atoms with Gasteiger partial charge in [-0.15, -0.1) is 0 Å². The maximum Gasteiger partial charge on any atom is 0.410 e. The summed E-state index contributed by atoms with van der Waals surface area (Å²) in [5.74, 6) is -0.348. The predicted molar refractivity (Wildman–Crippen MR) is 113 cm³/mol. The van der Waals surface area contributed by atoms with Crippen LogP contribution in [0.15, 0.2) is 18.2 Å². The van der Waals surface area contributed by atoms with E-state index in [1.807, 2.05) is 52.8 Å². The molecule has 1 fully saturated rings. The maximum absolute atomic E-state index is 12.4. The van der Waals surface area contributed by atoms with Gasteiger partial charge in [0.1, 0.15) is 11.4 Å². The molecule has 1 aliphatic heterocycles. The molecule has 0 bridgehead atoms. The molecule has 8 nitrogen and oxygen atoms in total. The van der Waals surface area contributed by atoms with E-state index in [9.17, 15) is 14.4 Å². The Morgan fingerprint density at radius 3 is 2.33 bits per heavy atom. The highest BCUT2D eigenvalue weighted by atomic mass is 16.6. The second-order valence-electron chi connectivity index (χ2n) is 8.68. The molecule has 1 heterocycles. The molecule has 0 radical (unpaired) electrons. The number of hydrogen-bond donors (Lipinski definition) is 2. The van der Waals surface area contributed by atoms with E-state index in [2.05, 4.69) is 10.9 Å². The topological polar surface area (TPSA) is 97.0 Å². The van der Waals surface area contributed by atoms with Crippen LogP contribution >= 0.6 is 0 Å². The van der Waals surface area contributed by atoms with E-state index in [0.717, 1.165) is 11.1 Å². The lowest BCUT2D eigenvalue weighted by molar-refractivity contribution is -0.135. The minimum absolute atomic E-state index is 0.272. The summed E-state index contributed by atoms with van der Waals surface area (Å²) in [5.41, 5.74) is 6.40. The van der Waals surface area contributed by atoms with Crippen molar-refractivity contribution in [3.63, 3.8) is 0 Å². The number of carbonyl (C=O) groups is 3. The van der Waals surface area contributed by atoms with E-state index in [1.54, 1.807) is 11.8 Å². The van der Waals surface area contributed by atoms with Gasteiger partial charge in [0.2, 0.25) is 5.91 Å². The summed E-state index contributed by atoms with van der Waals surface area (Å²) in [5, 5.41) is 0. The summed E-state index contributed by atoms with van der Waals surface area (Å²) in [6.07, 6.45) is -0.114. The van der Waals surface area contributed by atoms with Crippen molar-refractivity contribution in [1.82, 2.24) is 15.8 Å². The van der Waals surface area contributed by atoms with Gasteiger partial charge in [-0.25, -0.2) is 4.79 Å². The van der Waals surface area contributed by atoms with Gasteiger partial charge in [0, 0.05) is 19.0 Å². The molecular formula is C22H33N3O5. The second kappa shape index (κ2) is 9.82. The Bertz CT molecular complexity index is 779. The van der Waals surface area contributed by atoms with Crippen LogP contribution in [0.2, 0.25) is 0 Å². The molecule has 1 aliphatic rings. The van der Waals surface area contributed by atoms with E-state index in [0.29, 0.717) is 31.7 Å². The van der Waals surface area contributed by atoms with Gasteiger partial charge in [-0.1, -0.05) is 12.1 Å². The van der Waals surface area contributed by atoms with E-state index < -0.39 is 17.6 Å². The van der Waals surface area contributed by atoms with Crippen LogP contribution in [-0.4, -0.2) is 47.6 Å². The minimum atomic E-state index is -0.764. The first kappa shape index (κ1) is 23.5. The summed E-state index contributed by atoms with van der Waals surface area (Å²) < 4.78 is 11.1. The number of likely N-dealkylation sites (tertiary alicyclic amines) is 1. The molecule has 166 valence electrons. The molecule has 0 aromatic heterocycles. The lowest BCUT2D eigenvalue weighted by Gasteiger charge is -2.32. The van der Waals surface area contributed by atoms with E-state index in [1.165, 1.54) is 0 Å². The van der Waals surface area contributed by atoms with E-state index in [-0.39, 0.29) is 17.9 Å². The smallest absolute Gasteiger partial charge is 0.410 e. The number of hydrazine groups is 1. The Morgan fingerprint density at radius 2 is 1.73 bits per heavy atom. The number of aryl methyl sites for hydroxylation is 1. The predicted octanol–water partition coefficient (Wildman–Crippen LogP) is 2.87. The number of nitrogens with one attached hydrogen (secondary N) is 2. The van der Waals surface area contributed by atoms with Crippen molar-refractivity contribution in [2.24, 2.45) is 5.92 Å². The van der Waals surface area contributed by atoms with Crippen LogP contribution in [0.5, 0.6) is 5.75 Å². The first-order chi connectivity index (χ1) is 14.0. The summed E-state index contributed by atoms with van der Waals surface area (Å²) >= 11 is 0. The van der Waals surface area contributed by atoms with Crippen molar-refractivity contribution in [3.8, 4) is 5.75 Å². The van der Waals surface area contributed by atoms with Crippen LogP contribution < -0.4 is 15.6 Å². The first-order valence-corrected chi connectivity index (χ1v) is 10.3. The van der Waals surface area contributed by atoms with Gasteiger partial charge in [-0.3, -0.25) is 20.4 Å². The van der Waals surface area contributed by atoms with Crippen LogP contribution in [-0.2, 0) is 14.3 Å². The third-order valence-electron chi connectivity index (χ3n) is 5.05. The molecule has 3 amide bonds. The van der Waals surface area contributed by atoms with Crippen molar-refractivity contribution >= 4 is 17.9 Å². The highest BCUT2D eigenvalue weighted by Gasteiger charge is 2.30. The maximum atomic E-state index is 12.4. The Labute approximate surface area is 178 Å². The number of hydrogen-bond acceptors (Lipinski definition) is 5. The van der Waals surface area contributed by atoms with Gasteiger partial charge in [0.05, 0.1) is 0 Å². The molecule has 0 unspecified atom stereocenters. The lowest BCUT2D eigenvalue weighted by atomic mass is 9.96. The Morgan fingerprint density at radius 1 is 1.10 bits per heavy atom. The molecule has 1 aromatic carbocycles. The van der Waals surface area contributed by atoms with Gasteiger partial charge < -0.3 is 14.4 Å². The van der Waals surface area contributed by atoms with Crippen molar-refractivity contribution in [1.29, 1.82) is 0 Å². The fraction of sp³-hybridized carbons (Fsp3) is 0.591. The normalized spacial score (nSPS) is 15.9. The average Bonchev–Trinajstić information content (AvgIpc) is 2.68. The zero-order valence-corrected chi connectivity index (χ0v) is 18.7. The Hall–Kier alpha value is -2.77. The molecule has 8 heteroatoms. The largest absolute Gasteiger partial charge is 0.481 e. The highest BCUT2D eigenvalue weighted by molar-refractivity contribution is 5.85. The second-order valence-corrected chi connectivity index (χ2v) is 8.68. The molecule has 0 saturated carbocycles. The number of benzene rings is 1. The van der Waals surface area contributed by atoms with Gasteiger partial charge in [0.15, 0.2) is 6.10 Å². The number of nitrogens with zero attached hydrogens (tertiary/aromatic N) is 1. The molecule has 0 aliphatic carbocycles. The fourth-order valence-electron chi connectivity index (χ4n) is 3.07. The molecular weight excluding hydrogens is 386 g/mol. The van der Waals surface area contributed by atoms with Crippen molar-refractivity contribution in [3.05, 3.63) is 29.3 Å². The minimum Gasteiger partial charge on any atom is -0.481 e. The highest BCUT2D eigenvalue weighted by Crippen LogP contribution is 2.22. The average molecular weight is 420 g/mol. The zero-order chi connectivity index (χ0) is 22.5. The summed E-state index contributed by atoms with van der Waals surface area (Å²) in [7, 11) is 0. The summed E-state index contributed by atoms with van der Waals surface area (Å²) in [6.45, 7) is 11.9. The Kier molecular flexibility index (Phi) is 7.70. The van der Waals surface area contributed by atoms with Crippen LogP contribution in [0.25, 0.3) is 0 Å². The molecule has 1 saturated heterocycles. The van der Waals surface area contributed by atoms with E-state index >= 15 is 0 Å². The Balaban J connectivity index is 1.77. The standard InChI is InChI=1S/C22H33N3O5/c1-14-8-7-9-18(15(14)2)29-16(3)19(26)23-24-20(27)17-10-12-25(13-11-17)21(28)30-22(4,5)6/h7-9,16-17H,10-13H2,1-6H3,(H,23,26)(H,24,27)/t16-/m0/s1. The van der Waals surface area contributed by atoms with Crippen molar-refractivity contribution in [2.75, 3.05) is 13.1 Å². The van der Waals surface area contributed by atoms with Gasteiger partial charge in [-0.05, 0) is 71.6 Å². The molecule has 2 N–H and O–H groups in total. The summed E-state index contributed by atoms with van der Waals surface area (Å²) in [4.78, 5) is 38.4. The van der Waals surface area contributed by atoms with Gasteiger partial charge in [0.25, 0.3) is 5.91 Å². The first-order valence-electron chi connectivity index (χ1n) is 10.3. The van der Waals surface area contributed by atoms with E-state index in [4.69, 9.17) is 9.47 Å². The van der Waals surface area contributed by atoms with Crippen molar-refractivity contribution in [2.45, 2.75) is 66.1 Å². The van der Waals surface area contributed by atoms with Gasteiger partial charge >= 0.3 is 6.09 Å². The SMILES string of the molecule is Cc1cccc(O[C@@H](C)C(=O)NNC(=O)C2CCN(C(=O)OC(C)(C)C)CC2)c1C. The molecule has 30 heavy (non-hydrogen) atoms. The van der Waals surface area contributed by atoms with Crippen LogP contribution in [0, 0.1) is 19.8 Å². The number of carbonyl (C=O) groups excluding carboxylic acids is 3.